The van der Waals surface area contributed by atoms with Gasteiger partial charge in [-0.1, -0.05) is 37.5 Å². The van der Waals surface area contributed by atoms with E-state index in [-0.39, 0.29) is 36.8 Å². The standard InChI is InChI=1S/C19H27F3N2O.2ClH/c20-19(21,22)15-6-4-5-14(11-15)17(13-24-10-7-16(23)12-24)18(25)8-2-1-3-9-18;;/h4-6,11,16-17,25H,1-3,7-10,12-13,23H2;2*1H/t16-,17?;;/m1../s1. The fourth-order valence-corrected chi connectivity index (χ4v) is 4.32. The molecule has 3 nitrogen and oxygen atoms in total. The molecule has 3 rings (SSSR count). The van der Waals surface area contributed by atoms with Crippen LogP contribution in [0.25, 0.3) is 0 Å². The van der Waals surface area contributed by atoms with Crippen molar-refractivity contribution in [2.45, 2.75) is 62.3 Å². The van der Waals surface area contributed by atoms with Crippen LogP contribution >= 0.6 is 24.8 Å². The van der Waals surface area contributed by atoms with Crippen LogP contribution in [0.2, 0.25) is 0 Å². The first kappa shape index (κ1) is 24.5. The van der Waals surface area contributed by atoms with Gasteiger partial charge >= 0.3 is 6.18 Å². The number of alkyl halides is 3. The largest absolute Gasteiger partial charge is 0.416 e. The van der Waals surface area contributed by atoms with Gasteiger partial charge in [-0.05, 0) is 37.4 Å². The van der Waals surface area contributed by atoms with Crippen molar-refractivity contribution in [2.75, 3.05) is 19.6 Å². The van der Waals surface area contributed by atoms with E-state index in [9.17, 15) is 18.3 Å². The minimum Gasteiger partial charge on any atom is -0.389 e. The quantitative estimate of drug-likeness (QED) is 0.748. The first-order valence-corrected chi connectivity index (χ1v) is 9.15. The van der Waals surface area contributed by atoms with Gasteiger partial charge in [-0.2, -0.15) is 13.2 Å². The number of hydrogen-bond acceptors (Lipinski definition) is 3. The normalized spacial score (nSPS) is 24.0. The molecule has 1 aliphatic heterocycles. The van der Waals surface area contributed by atoms with E-state index in [1.165, 1.54) is 12.1 Å². The second-order valence-electron chi connectivity index (χ2n) is 7.65. The zero-order valence-corrected chi connectivity index (χ0v) is 16.9. The van der Waals surface area contributed by atoms with E-state index in [0.717, 1.165) is 44.8 Å². The third kappa shape index (κ3) is 5.97. The van der Waals surface area contributed by atoms with Gasteiger partial charge in [-0.25, -0.2) is 0 Å². The Morgan fingerprint density at radius 2 is 1.85 bits per heavy atom. The zero-order valence-electron chi connectivity index (χ0n) is 15.3. The number of halogens is 5. The van der Waals surface area contributed by atoms with Gasteiger partial charge in [0.25, 0.3) is 0 Å². The minimum atomic E-state index is -4.37. The number of benzene rings is 1. The Labute approximate surface area is 171 Å². The lowest BCUT2D eigenvalue weighted by Crippen LogP contribution is -2.44. The van der Waals surface area contributed by atoms with Crippen molar-refractivity contribution >= 4 is 24.8 Å². The summed E-state index contributed by atoms with van der Waals surface area (Å²) in [6, 6.07) is 5.60. The molecule has 2 atom stereocenters. The maximum Gasteiger partial charge on any atom is 0.416 e. The maximum absolute atomic E-state index is 13.1. The minimum absolute atomic E-state index is 0. The highest BCUT2D eigenvalue weighted by Crippen LogP contribution is 2.42. The van der Waals surface area contributed by atoms with Crippen LogP contribution in [0.15, 0.2) is 24.3 Å². The third-order valence-corrected chi connectivity index (χ3v) is 5.73. The van der Waals surface area contributed by atoms with Crippen molar-refractivity contribution in [3.63, 3.8) is 0 Å². The van der Waals surface area contributed by atoms with Crippen LogP contribution in [0.4, 0.5) is 13.2 Å². The Kier molecular flexibility index (Phi) is 8.89. The lowest BCUT2D eigenvalue weighted by molar-refractivity contribution is -0.137. The van der Waals surface area contributed by atoms with Crippen molar-refractivity contribution in [1.82, 2.24) is 4.90 Å². The van der Waals surface area contributed by atoms with Gasteiger partial charge in [-0.15, -0.1) is 24.8 Å². The smallest absolute Gasteiger partial charge is 0.389 e. The summed E-state index contributed by atoms with van der Waals surface area (Å²) in [6.07, 6.45) is 0.740. The summed E-state index contributed by atoms with van der Waals surface area (Å²) < 4.78 is 39.4. The molecule has 1 aliphatic carbocycles. The van der Waals surface area contributed by atoms with E-state index in [1.807, 2.05) is 0 Å². The molecule has 1 heterocycles. The van der Waals surface area contributed by atoms with Crippen molar-refractivity contribution in [1.29, 1.82) is 0 Å². The highest BCUT2D eigenvalue weighted by atomic mass is 35.5. The molecular formula is C19H29Cl2F3N2O. The van der Waals surface area contributed by atoms with Gasteiger partial charge in [0.2, 0.25) is 0 Å². The molecule has 3 N–H and O–H groups in total. The zero-order chi connectivity index (χ0) is 18.1. The number of nitrogens with zero attached hydrogens (tertiary/aromatic N) is 1. The summed E-state index contributed by atoms with van der Waals surface area (Å²) in [5.41, 5.74) is 4.98. The molecule has 0 aromatic heterocycles. The molecule has 1 saturated heterocycles. The average molecular weight is 429 g/mol. The molecule has 1 aromatic carbocycles. The number of nitrogens with two attached hydrogens (primary N) is 1. The van der Waals surface area contributed by atoms with Crippen LogP contribution in [0, 0.1) is 0 Å². The lowest BCUT2D eigenvalue weighted by atomic mass is 9.72. The molecule has 8 heteroatoms. The van der Waals surface area contributed by atoms with Gasteiger partial charge in [0.05, 0.1) is 11.2 Å². The lowest BCUT2D eigenvalue weighted by Gasteiger charge is -2.41. The molecule has 156 valence electrons. The summed E-state index contributed by atoms with van der Waals surface area (Å²) >= 11 is 0. The molecule has 2 fully saturated rings. The van der Waals surface area contributed by atoms with Gasteiger partial charge in [0, 0.05) is 25.0 Å². The van der Waals surface area contributed by atoms with Gasteiger partial charge < -0.3 is 15.7 Å². The highest BCUT2D eigenvalue weighted by Gasteiger charge is 2.41. The summed E-state index contributed by atoms with van der Waals surface area (Å²) in [4.78, 5) is 2.18. The van der Waals surface area contributed by atoms with Crippen molar-refractivity contribution in [2.24, 2.45) is 5.73 Å². The molecular weight excluding hydrogens is 400 g/mol. The van der Waals surface area contributed by atoms with Crippen LogP contribution in [0.5, 0.6) is 0 Å². The summed E-state index contributed by atoms with van der Waals surface area (Å²) in [6.45, 7) is 2.14. The molecule has 0 amide bonds. The Bertz CT molecular complexity index is 595. The highest BCUT2D eigenvalue weighted by molar-refractivity contribution is 5.85. The second kappa shape index (κ2) is 9.79. The predicted molar refractivity (Wildman–Crippen MR) is 106 cm³/mol. The van der Waals surface area contributed by atoms with E-state index < -0.39 is 17.3 Å². The SMILES string of the molecule is Cl.Cl.N[C@@H]1CCN(CC(c2cccc(C(F)(F)F)c2)C2(O)CCCCC2)C1. The third-order valence-electron chi connectivity index (χ3n) is 5.73. The number of hydrogen-bond donors (Lipinski definition) is 2. The van der Waals surface area contributed by atoms with Crippen LogP contribution in [-0.4, -0.2) is 41.3 Å². The summed E-state index contributed by atoms with van der Waals surface area (Å²) in [5.74, 6) is -0.319. The van der Waals surface area contributed by atoms with Crippen LogP contribution < -0.4 is 5.73 Å². The fourth-order valence-electron chi connectivity index (χ4n) is 4.32. The van der Waals surface area contributed by atoms with Gasteiger partial charge in [-0.3, -0.25) is 0 Å². The van der Waals surface area contributed by atoms with Crippen LogP contribution in [0.3, 0.4) is 0 Å². The first-order chi connectivity index (χ1) is 11.8. The van der Waals surface area contributed by atoms with Crippen LogP contribution in [-0.2, 0) is 6.18 Å². The second-order valence-corrected chi connectivity index (χ2v) is 7.65. The van der Waals surface area contributed by atoms with Gasteiger partial charge in [0.15, 0.2) is 0 Å². The summed E-state index contributed by atoms with van der Waals surface area (Å²) in [5, 5.41) is 11.3. The van der Waals surface area contributed by atoms with E-state index >= 15 is 0 Å². The first-order valence-electron chi connectivity index (χ1n) is 9.15. The topological polar surface area (TPSA) is 49.5 Å². The molecule has 1 saturated carbocycles. The Balaban J connectivity index is 0.00000182. The molecule has 0 radical (unpaired) electrons. The van der Waals surface area contributed by atoms with Crippen molar-refractivity contribution in [3.8, 4) is 0 Å². The molecule has 0 bridgehead atoms. The Morgan fingerprint density at radius 1 is 1.19 bits per heavy atom. The van der Waals surface area contributed by atoms with E-state index in [1.54, 1.807) is 6.07 Å². The van der Waals surface area contributed by atoms with E-state index in [0.29, 0.717) is 24.9 Å². The monoisotopic (exact) mass is 428 g/mol. The van der Waals surface area contributed by atoms with Crippen LogP contribution in [0.1, 0.15) is 55.6 Å². The van der Waals surface area contributed by atoms with Crippen molar-refractivity contribution in [3.05, 3.63) is 35.4 Å². The molecule has 27 heavy (non-hydrogen) atoms. The average Bonchev–Trinajstić information content (AvgIpc) is 2.98. The predicted octanol–water partition coefficient (Wildman–Crippen LogP) is 4.36. The fraction of sp³-hybridized carbons (Fsp3) is 0.684. The number of aliphatic hydroxyl groups is 1. The molecule has 1 unspecified atom stereocenters. The Hall–Kier alpha value is -0.530. The molecule has 1 aromatic rings. The van der Waals surface area contributed by atoms with E-state index in [2.05, 4.69) is 4.90 Å². The maximum atomic E-state index is 13.1. The van der Waals surface area contributed by atoms with E-state index in [4.69, 9.17) is 5.73 Å². The summed E-state index contributed by atoms with van der Waals surface area (Å²) in [7, 11) is 0. The van der Waals surface area contributed by atoms with Crippen molar-refractivity contribution < 1.29 is 18.3 Å². The Morgan fingerprint density at radius 3 is 2.41 bits per heavy atom. The number of likely N-dealkylation sites (tertiary alicyclic amines) is 1. The number of rotatable bonds is 4. The molecule has 0 spiro atoms. The molecule has 2 aliphatic rings. The van der Waals surface area contributed by atoms with Gasteiger partial charge in [0.1, 0.15) is 0 Å².